The number of hydrogen-bond acceptors (Lipinski definition) is 3. The van der Waals surface area contributed by atoms with Crippen LogP contribution in [0.5, 0.6) is 5.75 Å². The van der Waals surface area contributed by atoms with Crippen molar-refractivity contribution in [3.8, 4) is 5.75 Å². The lowest BCUT2D eigenvalue weighted by molar-refractivity contribution is -0.126. The van der Waals surface area contributed by atoms with E-state index in [4.69, 9.17) is 4.74 Å². The van der Waals surface area contributed by atoms with Gasteiger partial charge < -0.3 is 10.1 Å². The van der Waals surface area contributed by atoms with E-state index in [1.165, 1.54) is 4.90 Å². The number of hydrogen-bond donors (Lipinski definition) is 1. The Morgan fingerprint density at radius 1 is 1.22 bits per heavy atom. The average Bonchev–Trinajstić information content (AvgIpc) is 2.53. The maximum absolute atomic E-state index is 12.7. The Morgan fingerprint density at radius 2 is 2.00 bits per heavy atom. The van der Waals surface area contributed by atoms with Crippen molar-refractivity contribution < 1.29 is 14.3 Å². The highest BCUT2D eigenvalue weighted by molar-refractivity contribution is 6.10. The lowest BCUT2D eigenvalue weighted by Gasteiger charge is -2.31. The summed E-state index contributed by atoms with van der Waals surface area (Å²) >= 11 is 0. The minimum atomic E-state index is -0.684. The van der Waals surface area contributed by atoms with Gasteiger partial charge in [-0.25, -0.2) is 0 Å². The maximum Gasteiger partial charge on any atom is 0.268 e. The summed E-state index contributed by atoms with van der Waals surface area (Å²) in [5.41, 5.74) is 2.39. The van der Waals surface area contributed by atoms with Crippen LogP contribution in [-0.2, 0) is 9.59 Å². The predicted molar refractivity (Wildman–Crippen MR) is 88.7 cm³/mol. The van der Waals surface area contributed by atoms with Gasteiger partial charge in [0.1, 0.15) is 12.3 Å². The van der Waals surface area contributed by atoms with Crippen LogP contribution in [0.4, 0.5) is 11.4 Å². The largest absolute Gasteiger partial charge is 0.481 e. The van der Waals surface area contributed by atoms with Crippen molar-refractivity contribution in [2.75, 3.05) is 16.8 Å². The second-order valence-electron chi connectivity index (χ2n) is 5.57. The highest BCUT2D eigenvalue weighted by Crippen LogP contribution is 2.29. The van der Waals surface area contributed by atoms with Crippen LogP contribution in [0.1, 0.15) is 12.5 Å². The first-order valence-electron chi connectivity index (χ1n) is 7.48. The fourth-order valence-corrected chi connectivity index (χ4v) is 2.59. The molecule has 2 aromatic rings. The summed E-state index contributed by atoms with van der Waals surface area (Å²) < 4.78 is 5.74. The number of rotatable bonds is 3. The van der Waals surface area contributed by atoms with E-state index in [1.807, 2.05) is 49.4 Å². The Morgan fingerprint density at radius 3 is 2.78 bits per heavy atom. The number of fused-ring (bicyclic) bond motifs is 1. The average molecular weight is 310 g/mol. The predicted octanol–water partition coefficient (Wildman–Crippen LogP) is 2.75. The quantitative estimate of drug-likeness (QED) is 0.948. The molecule has 0 aromatic heterocycles. The number of aryl methyl sites for hydroxylation is 1. The van der Waals surface area contributed by atoms with E-state index in [1.54, 1.807) is 13.0 Å². The Kier molecular flexibility index (Phi) is 4.02. The van der Waals surface area contributed by atoms with Gasteiger partial charge in [-0.3, -0.25) is 14.5 Å². The topological polar surface area (TPSA) is 58.6 Å². The molecule has 0 spiro atoms. The fourth-order valence-electron chi connectivity index (χ4n) is 2.59. The Hall–Kier alpha value is -2.82. The number of amides is 2. The van der Waals surface area contributed by atoms with Crippen LogP contribution < -0.4 is 15.0 Å². The molecule has 0 saturated carbocycles. The lowest BCUT2D eigenvalue weighted by Crippen LogP contribution is -2.47. The molecule has 1 heterocycles. The van der Waals surface area contributed by atoms with Crippen LogP contribution >= 0.6 is 0 Å². The van der Waals surface area contributed by atoms with Gasteiger partial charge in [-0.2, -0.15) is 0 Å². The second kappa shape index (κ2) is 6.12. The zero-order valence-electron chi connectivity index (χ0n) is 13.1. The third-order valence-corrected chi connectivity index (χ3v) is 3.69. The summed E-state index contributed by atoms with van der Waals surface area (Å²) in [5, 5.41) is 2.77. The molecule has 118 valence electrons. The Balaban J connectivity index is 1.81. The first-order valence-corrected chi connectivity index (χ1v) is 7.48. The highest BCUT2D eigenvalue weighted by atomic mass is 16.5. The molecule has 1 aliphatic heterocycles. The number of carbonyl (C=O) groups is 2. The molecule has 5 heteroatoms. The van der Waals surface area contributed by atoms with Gasteiger partial charge in [0.05, 0.1) is 11.4 Å². The molecule has 23 heavy (non-hydrogen) atoms. The first-order chi connectivity index (χ1) is 11.0. The highest BCUT2D eigenvalue weighted by Gasteiger charge is 2.30. The molecule has 0 saturated heterocycles. The van der Waals surface area contributed by atoms with E-state index in [9.17, 15) is 9.59 Å². The molecule has 5 nitrogen and oxygen atoms in total. The van der Waals surface area contributed by atoms with Gasteiger partial charge in [0.2, 0.25) is 5.91 Å². The Bertz CT molecular complexity index is 757. The molecule has 0 fully saturated rings. The van der Waals surface area contributed by atoms with E-state index in [0.717, 1.165) is 5.56 Å². The van der Waals surface area contributed by atoms with Gasteiger partial charge in [0.25, 0.3) is 5.91 Å². The molecular formula is C18H18N2O3. The van der Waals surface area contributed by atoms with Gasteiger partial charge in [-0.1, -0.05) is 24.3 Å². The van der Waals surface area contributed by atoms with Crippen LogP contribution in [0.25, 0.3) is 0 Å². The van der Waals surface area contributed by atoms with Gasteiger partial charge in [-0.15, -0.1) is 0 Å². The number of benzene rings is 2. The molecule has 1 aliphatic rings. The van der Waals surface area contributed by atoms with E-state index < -0.39 is 6.10 Å². The van der Waals surface area contributed by atoms with E-state index in [-0.39, 0.29) is 18.4 Å². The summed E-state index contributed by atoms with van der Waals surface area (Å²) in [6.07, 6.45) is -0.684. The summed E-state index contributed by atoms with van der Waals surface area (Å²) in [6.45, 7) is 3.65. The minimum Gasteiger partial charge on any atom is -0.481 e. The third-order valence-electron chi connectivity index (χ3n) is 3.69. The normalized spacial score (nSPS) is 14.7. The number of ether oxygens (including phenoxy) is 1. The number of nitrogens with zero attached hydrogens (tertiary/aromatic N) is 1. The maximum atomic E-state index is 12.7. The summed E-state index contributed by atoms with van der Waals surface area (Å²) in [7, 11) is 0. The SMILES string of the molecule is Cc1cccc(O[C@@H](C)C(=O)N2CC(=O)Nc3ccccc32)c1. The number of carbonyl (C=O) groups excluding carboxylic acids is 2. The Labute approximate surface area is 134 Å². The monoisotopic (exact) mass is 310 g/mol. The van der Waals surface area contributed by atoms with Crippen LogP contribution in [0.2, 0.25) is 0 Å². The van der Waals surface area contributed by atoms with Crippen molar-refractivity contribution in [1.29, 1.82) is 0 Å². The van der Waals surface area contributed by atoms with Crippen molar-refractivity contribution in [1.82, 2.24) is 0 Å². The zero-order valence-corrected chi connectivity index (χ0v) is 13.1. The van der Waals surface area contributed by atoms with E-state index in [2.05, 4.69) is 5.32 Å². The molecule has 2 amide bonds. The smallest absolute Gasteiger partial charge is 0.268 e. The number of para-hydroxylation sites is 2. The molecule has 2 aromatic carbocycles. The summed E-state index contributed by atoms with van der Waals surface area (Å²) in [5.74, 6) is 0.189. The van der Waals surface area contributed by atoms with Crippen LogP contribution in [-0.4, -0.2) is 24.5 Å². The lowest BCUT2D eigenvalue weighted by atomic mass is 10.1. The zero-order chi connectivity index (χ0) is 16.4. The third kappa shape index (κ3) is 3.18. The first kappa shape index (κ1) is 15.1. The van der Waals surface area contributed by atoms with Gasteiger partial charge in [-0.05, 0) is 43.7 Å². The molecule has 1 atom stereocenters. The molecule has 0 radical (unpaired) electrons. The van der Waals surface area contributed by atoms with E-state index in [0.29, 0.717) is 17.1 Å². The van der Waals surface area contributed by atoms with Crippen LogP contribution in [0.15, 0.2) is 48.5 Å². The molecule has 0 unspecified atom stereocenters. The van der Waals surface area contributed by atoms with Crippen molar-refractivity contribution in [3.63, 3.8) is 0 Å². The van der Waals surface area contributed by atoms with Crippen LogP contribution in [0, 0.1) is 6.92 Å². The van der Waals surface area contributed by atoms with Crippen molar-refractivity contribution in [2.24, 2.45) is 0 Å². The standard InChI is InChI=1S/C18H18N2O3/c1-12-6-5-7-14(10-12)23-13(2)18(22)20-11-17(21)19-15-8-3-4-9-16(15)20/h3-10,13H,11H2,1-2H3,(H,19,21)/t13-/m0/s1. The summed E-state index contributed by atoms with van der Waals surface area (Å²) in [6, 6.07) is 14.8. The van der Waals surface area contributed by atoms with Gasteiger partial charge in [0, 0.05) is 0 Å². The molecule has 0 aliphatic carbocycles. The van der Waals surface area contributed by atoms with Gasteiger partial charge in [0.15, 0.2) is 6.10 Å². The number of nitrogens with one attached hydrogen (secondary N) is 1. The van der Waals surface area contributed by atoms with Gasteiger partial charge >= 0.3 is 0 Å². The van der Waals surface area contributed by atoms with Crippen LogP contribution in [0.3, 0.4) is 0 Å². The summed E-state index contributed by atoms with van der Waals surface area (Å²) in [4.78, 5) is 26.0. The number of anilines is 2. The molecule has 3 rings (SSSR count). The second-order valence-corrected chi connectivity index (χ2v) is 5.57. The van der Waals surface area contributed by atoms with E-state index >= 15 is 0 Å². The fraction of sp³-hybridized carbons (Fsp3) is 0.222. The minimum absolute atomic E-state index is 0.00261. The van der Waals surface area contributed by atoms with Crippen molar-refractivity contribution >= 4 is 23.2 Å². The van der Waals surface area contributed by atoms with Crippen molar-refractivity contribution in [2.45, 2.75) is 20.0 Å². The molecular weight excluding hydrogens is 292 g/mol. The molecule has 1 N–H and O–H groups in total. The van der Waals surface area contributed by atoms with Crippen molar-refractivity contribution in [3.05, 3.63) is 54.1 Å². The molecule has 0 bridgehead atoms.